The van der Waals surface area contributed by atoms with Crippen LogP contribution in [0.3, 0.4) is 0 Å². The Kier molecular flexibility index (Phi) is 3.88. The van der Waals surface area contributed by atoms with E-state index >= 15 is 0 Å². The lowest BCUT2D eigenvalue weighted by Crippen LogP contribution is -2.36. The first-order valence-electron chi connectivity index (χ1n) is 7.02. The van der Waals surface area contributed by atoms with Crippen LogP contribution in [-0.4, -0.2) is 42.0 Å². The molecule has 0 radical (unpaired) electrons. The lowest BCUT2D eigenvalue weighted by atomic mass is 10.1. The largest absolute Gasteiger partial charge is 0.299 e. The Labute approximate surface area is 115 Å². The third kappa shape index (κ3) is 2.87. The highest BCUT2D eigenvalue weighted by Crippen LogP contribution is 2.22. The van der Waals surface area contributed by atoms with Gasteiger partial charge in [0.05, 0.1) is 0 Å². The third-order valence-corrected chi connectivity index (χ3v) is 4.46. The molecule has 0 bridgehead atoms. The van der Waals surface area contributed by atoms with Gasteiger partial charge in [0.1, 0.15) is 0 Å². The molecule has 2 aliphatic rings. The van der Waals surface area contributed by atoms with E-state index in [9.17, 15) is 0 Å². The zero-order chi connectivity index (χ0) is 12.4. The van der Waals surface area contributed by atoms with Crippen LogP contribution in [0, 0.1) is 0 Å². The zero-order valence-corrected chi connectivity index (χ0v) is 11.6. The lowest BCUT2D eigenvalue weighted by Gasteiger charge is -2.25. The van der Waals surface area contributed by atoms with Crippen LogP contribution in [0.25, 0.3) is 0 Å². The van der Waals surface area contributed by atoms with Crippen LogP contribution in [0.4, 0.5) is 0 Å². The van der Waals surface area contributed by atoms with Crippen molar-refractivity contribution < 1.29 is 0 Å². The molecule has 3 rings (SSSR count). The van der Waals surface area contributed by atoms with E-state index < -0.39 is 0 Å². The summed E-state index contributed by atoms with van der Waals surface area (Å²) in [6.45, 7) is 6.15. The smallest absolute Gasteiger partial charge is 0.0406 e. The predicted octanol–water partition coefficient (Wildman–Crippen LogP) is 3.01. The molecule has 2 nitrogen and oxygen atoms in total. The van der Waals surface area contributed by atoms with Crippen molar-refractivity contribution in [1.29, 1.82) is 0 Å². The topological polar surface area (TPSA) is 6.48 Å². The standard InChI is InChI=1S/C15H21ClN2/c16-14-6-4-13(5-7-14)11-17-8-2-10-18-9-1-3-15(18)12-17/h4-7,15H,1-3,8-12H2/t15-/m1/s1. The molecular formula is C15H21ClN2. The van der Waals surface area contributed by atoms with Gasteiger partial charge in [-0.15, -0.1) is 0 Å². The van der Waals surface area contributed by atoms with Crippen LogP contribution in [0.5, 0.6) is 0 Å². The van der Waals surface area contributed by atoms with Crippen molar-refractivity contribution >= 4 is 11.6 Å². The maximum absolute atomic E-state index is 5.93. The Bertz CT molecular complexity index is 390. The molecule has 18 heavy (non-hydrogen) atoms. The predicted molar refractivity (Wildman–Crippen MR) is 75.9 cm³/mol. The first kappa shape index (κ1) is 12.5. The Morgan fingerprint density at radius 2 is 1.83 bits per heavy atom. The summed E-state index contributed by atoms with van der Waals surface area (Å²) < 4.78 is 0. The van der Waals surface area contributed by atoms with E-state index in [0.29, 0.717) is 0 Å². The van der Waals surface area contributed by atoms with Gasteiger partial charge in [0.15, 0.2) is 0 Å². The van der Waals surface area contributed by atoms with E-state index in [4.69, 9.17) is 11.6 Å². The fourth-order valence-corrected chi connectivity index (χ4v) is 3.40. The number of rotatable bonds is 2. The van der Waals surface area contributed by atoms with Gasteiger partial charge in [-0.3, -0.25) is 9.80 Å². The molecule has 1 aromatic rings. The molecule has 2 saturated heterocycles. The first-order chi connectivity index (χ1) is 8.81. The summed E-state index contributed by atoms with van der Waals surface area (Å²) in [5.41, 5.74) is 1.38. The van der Waals surface area contributed by atoms with Crippen molar-refractivity contribution in [3.8, 4) is 0 Å². The van der Waals surface area contributed by atoms with E-state index in [1.54, 1.807) is 0 Å². The summed E-state index contributed by atoms with van der Waals surface area (Å²) in [4.78, 5) is 5.29. The highest BCUT2D eigenvalue weighted by atomic mass is 35.5. The number of hydrogen-bond acceptors (Lipinski definition) is 2. The van der Waals surface area contributed by atoms with Crippen molar-refractivity contribution in [2.45, 2.75) is 31.8 Å². The minimum absolute atomic E-state index is 0.805. The normalized spacial score (nSPS) is 25.9. The number of fused-ring (bicyclic) bond motifs is 1. The molecule has 0 N–H and O–H groups in total. The second-order valence-corrected chi connectivity index (χ2v) is 5.98. The Morgan fingerprint density at radius 1 is 1.06 bits per heavy atom. The minimum Gasteiger partial charge on any atom is -0.299 e. The number of hydrogen-bond donors (Lipinski definition) is 0. The molecular weight excluding hydrogens is 244 g/mol. The van der Waals surface area contributed by atoms with Crippen LogP contribution in [0.15, 0.2) is 24.3 Å². The van der Waals surface area contributed by atoms with Gasteiger partial charge in [0.25, 0.3) is 0 Å². The summed E-state index contributed by atoms with van der Waals surface area (Å²) in [5, 5.41) is 0.830. The molecule has 0 aliphatic carbocycles. The summed E-state index contributed by atoms with van der Waals surface area (Å²) in [6.07, 6.45) is 4.08. The number of benzene rings is 1. The molecule has 0 amide bonds. The highest BCUT2D eigenvalue weighted by molar-refractivity contribution is 6.30. The van der Waals surface area contributed by atoms with Crippen LogP contribution in [0.1, 0.15) is 24.8 Å². The van der Waals surface area contributed by atoms with E-state index in [-0.39, 0.29) is 0 Å². The molecule has 0 spiro atoms. The molecule has 2 heterocycles. The second kappa shape index (κ2) is 5.60. The van der Waals surface area contributed by atoms with Gasteiger partial charge in [-0.05, 0) is 56.6 Å². The van der Waals surface area contributed by atoms with E-state index in [0.717, 1.165) is 17.6 Å². The summed E-state index contributed by atoms with van der Waals surface area (Å²) in [5.74, 6) is 0. The number of halogens is 1. The molecule has 1 aromatic carbocycles. The van der Waals surface area contributed by atoms with Crippen molar-refractivity contribution in [1.82, 2.24) is 9.80 Å². The first-order valence-corrected chi connectivity index (χ1v) is 7.40. The van der Waals surface area contributed by atoms with Crippen molar-refractivity contribution in [3.05, 3.63) is 34.9 Å². The Hall–Kier alpha value is -0.570. The molecule has 2 aliphatic heterocycles. The highest BCUT2D eigenvalue weighted by Gasteiger charge is 2.28. The minimum atomic E-state index is 0.805. The Balaban J connectivity index is 1.63. The van der Waals surface area contributed by atoms with Gasteiger partial charge < -0.3 is 0 Å². The summed E-state index contributed by atoms with van der Waals surface area (Å²) in [6, 6.07) is 9.10. The fraction of sp³-hybridized carbons (Fsp3) is 0.600. The average molecular weight is 265 g/mol. The molecule has 1 atom stereocenters. The molecule has 0 saturated carbocycles. The van der Waals surface area contributed by atoms with Crippen molar-refractivity contribution in [3.63, 3.8) is 0 Å². The van der Waals surface area contributed by atoms with Crippen LogP contribution in [-0.2, 0) is 6.54 Å². The van der Waals surface area contributed by atoms with Crippen molar-refractivity contribution in [2.24, 2.45) is 0 Å². The monoisotopic (exact) mass is 264 g/mol. The maximum Gasteiger partial charge on any atom is 0.0406 e. The second-order valence-electron chi connectivity index (χ2n) is 5.55. The molecule has 0 aromatic heterocycles. The van der Waals surface area contributed by atoms with Gasteiger partial charge >= 0.3 is 0 Å². The van der Waals surface area contributed by atoms with Gasteiger partial charge in [0, 0.05) is 24.2 Å². The van der Waals surface area contributed by atoms with Crippen molar-refractivity contribution in [2.75, 3.05) is 26.2 Å². The van der Waals surface area contributed by atoms with Gasteiger partial charge in [0.2, 0.25) is 0 Å². The van der Waals surface area contributed by atoms with Gasteiger partial charge in [-0.25, -0.2) is 0 Å². The van der Waals surface area contributed by atoms with Gasteiger partial charge in [-0.1, -0.05) is 23.7 Å². The summed E-state index contributed by atoms with van der Waals surface area (Å²) in [7, 11) is 0. The molecule has 0 unspecified atom stereocenters. The average Bonchev–Trinajstić information content (AvgIpc) is 2.71. The third-order valence-electron chi connectivity index (χ3n) is 4.21. The molecule has 98 valence electrons. The van der Waals surface area contributed by atoms with E-state index in [1.807, 2.05) is 12.1 Å². The fourth-order valence-electron chi connectivity index (χ4n) is 3.27. The Morgan fingerprint density at radius 3 is 2.67 bits per heavy atom. The number of nitrogens with zero attached hydrogens (tertiary/aromatic N) is 2. The SMILES string of the molecule is Clc1ccc(CN2CCCN3CCC[C@@H]3C2)cc1. The van der Waals surface area contributed by atoms with Crippen LogP contribution >= 0.6 is 11.6 Å². The zero-order valence-electron chi connectivity index (χ0n) is 10.8. The van der Waals surface area contributed by atoms with Crippen LogP contribution < -0.4 is 0 Å². The quantitative estimate of drug-likeness (QED) is 0.810. The lowest BCUT2D eigenvalue weighted by molar-refractivity contribution is 0.215. The van der Waals surface area contributed by atoms with E-state index in [2.05, 4.69) is 21.9 Å². The molecule has 2 fully saturated rings. The van der Waals surface area contributed by atoms with E-state index in [1.165, 1.54) is 51.0 Å². The molecule has 3 heteroatoms. The van der Waals surface area contributed by atoms with Crippen LogP contribution in [0.2, 0.25) is 5.02 Å². The summed E-state index contributed by atoms with van der Waals surface area (Å²) >= 11 is 5.93. The maximum atomic E-state index is 5.93. The van der Waals surface area contributed by atoms with Gasteiger partial charge in [-0.2, -0.15) is 0 Å².